The number of hydrogen-bond acceptors (Lipinski definition) is 3. The molecule has 0 radical (unpaired) electrons. The Labute approximate surface area is 126 Å². The van der Waals surface area contributed by atoms with Crippen LogP contribution in [0.5, 0.6) is 0 Å². The molecule has 1 unspecified atom stereocenters. The normalized spacial score (nSPS) is 13.7. The molecule has 0 bridgehead atoms. The van der Waals surface area contributed by atoms with Gasteiger partial charge in [0.25, 0.3) is 0 Å². The van der Waals surface area contributed by atoms with E-state index in [1.54, 1.807) is 13.8 Å². The zero-order valence-electron chi connectivity index (χ0n) is 11.9. The standard InChI is InChI=1S/C16H16F2O2S/c1-3-20-15(19)16(2,10-12-5-4-8-21-12)13-7-6-11(17)9-14(13)18/h4-9H,3,10H2,1-2H3. The molecule has 0 saturated carbocycles. The van der Waals surface area contributed by atoms with Gasteiger partial charge in [-0.05, 0) is 31.4 Å². The summed E-state index contributed by atoms with van der Waals surface area (Å²) in [4.78, 5) is 13.3. The minimum absolute atomic E-state index is 0.149. The van der Waals surface area contributed by atoms with E-state index >= 15 is 0 Å². The van der Waals surface area contributed by atoms with Gasteiger partial charge < -0.3 is 4.74 Å². The highest BCUT2D eigenvalue weighted by atomic mass is 32.1. The maximum absolute atomic E-state index is 14.1. The summed E-state index contributed by atoms with van der Waals surface area (Å²) in [6, 6.07) is 7.01. The monoisotopic (exact) mass is 310 g/mol. The molecule has 0 spiro atoms. The van der Waals surface area contributed by atoms with Gasteiger partial charge in [-0.2, -0.15) is 0 Å². The first-order valence-electron chi connectivity index (χ1n) is 6.62. The van der Waals surface area contributed by atoms with E-state index in [4.69, 9.17) is 4.74 Å². The van der Waals surface area contributed by atoms with Crippen LogP contribution in [0.25, 0.3) is 0 Å². The average Bonchev–Trinajstić information content (AvgIpc) is 2.91. The maximum Gasteiger partial charge on any atom is 0.316 e. The minimum atomic E-state index is -1.18. The molecule has 0 fully saturated rings. The molecule has 112 valence electrons. The highest BCUT2D eigenvalue weighted by Gasteiger charge is 2.39. The summed E-state index contributed by atoms with van der Waals surface area (Å²) < 4.78 is 32.3. The minimum Gasteiger partial charge on any atom is -0.465 e. The van der Waals surface area contributed by atoms with Gasteiger partial charge in [0.05, 0.1) is 12.0 Å². The average molecular weight is 310 g/mol. The summed E-state index contributed by atoms with van der Waals surface area (Å²) in [7, 11) is 0. The van der Waals surface area contributed by atoms with E-state index in [0.717, 1.165) is 17.0 Å². The summed E-state index contributed by atoms with van der Waals surface area (Å²) >= 11 is 1.48. The van der Waals surface area contributed by atoms with Gasteiger partial charge in [-0.3, -0.25) is 4.79 Å². The van der Waals surface area contributed by atoms with Crippen LogP contribution in [0.3, 0.4) is 0 Å². The Balaban J connectivity index is 2.46. The molecule has 0 aliphatic carbocycles. The number of carbonyl (C=O) groups is 1. The van der Waals surface area contributed by atoms with Crippen LogP contribution in [0.2, 0.25) is 0 Å². The zero-order chi connectivity index (χ0) is 15.5. The maximum atomic E-state index is 14.1. The van der Waals surface area contributed by atoms with E-state index in [9.17, 15) is 13.6 Å². The van der Waals surface area contributed by atoms with Crippen LogP contribution in [-0.4, -0.2) is 12.6 Å². The summed E-state index contributed by atoms with van der Waals surface area (Å²) in [5.41, 5.74) is -1.03. The Morgan fingerprint density at radius 2 is 2.10 bits per heavy atom. The Hall–Kier alpha value is -1.75. The van der Waals surface area contributed by atoms with Crippen molar-refractivity contribution in [3.8, 4) is 0 Å². The molecule has 0 N–H and O–H groups in total. The van der Waals surface area contributed by atoms with Crippen molar-refractivity contribution in [2.45, 2.75) is 25.7 Å². The lowest BCUT2D eigenvalue weighted by atomic mass is 9.78. The van der Waals surface area contributed by atoms with Crippen molar-refractivity contribution >= 4 is 17.3 Å². The molecular formula is C16H16F2O2S. The fraction of sp³-hybridized carbons (Fsp3) is 0.312. The van der Waals surface area contributed by atoms with Crippen molar-refractivity contribution in [1.82, 2.24) is 0 Å². The third kappa shape index (κ3) is 3.29. The van der Waals surface area contributed by atoms with E-state index in [0.29, 0.717) is 6.42 Å². The highest BCUT2D eigenvalue weighted by Crippen LogP contribution is 2.33. The molecule has 1 aromatic heterocycles. The molecule has 2 aromatic rings. The van der Waals surface area contributed by atoms with Crippen molar-refractivity contribution in [2.75, 3.05) is 6.61 Å². The van der Waals surface area contributed by atoms with Gasteiger partial charge in [-0.25, -0.2) is 8.78 Å². The number of rotatable bonds is 5. The number of carbonyl (C=O) groups excluding carboxylic acids is 1. The first-order chi connectivity index (χ1) is 9.97. The van der Waals surface area contributed by atoms with Crippen LogP contribution in [0, 0.1) is 11.6 Å². The van der Waals surface area contributed by atoms with Crippen LogP contribution in [0.4, 0.5) is 8.78 Å². The Bertz CT molecular complexity index is 625. The predicted molar refractivity (Wildman–Crippen MR) is 78.4 cm³/mol. The molecule has 0 aliphatic heterocycles. The summed E-state index contributed by atoms with van der Waals surface area (Å²) in [6.07, 6.45) is 0.312. The molecule has 1 aromatic carbocycles. The van der Waals surface area contributed by atoms with Gasteiger partial charge in [-0.15, -0.1) is 11.3 Å². The number of esters is 1. The number of thiophene rings is 1. The summed E-state index contributed by atoms with van der Waals surface area (Å²) in [6.45, 7) is 3.53. The summed E-state index contributed by atoms with van der Waals surface area (Å²) in [5, 5.41) is 1.89. The Morgan fingerprint density at radius 1 is 1.33 bits per heavy atom. The topological polar surface area (TPSA) is 26.3 Å². The van der Waals surface area contributed by atoms with Gasteiger partial charge >= 0.3 is 5.97 Å². The Morgan fingerprint density at radius 3 is 2.67 bits per heavy atom. The van der Waals surface area contributed by atoms with Crippen molar-refractivity contribution in [3.63, 3.8) is 0 Å². The first-order valence-corrected chi connectivity index (χ1v) is 7.50. The molecule has 2 nitrogen and oxygen atoms in total. The highest BCUT2D eigenvalue weighted by molar-refractivity contribution is 7.09. The molecule has 0 amide bonds. The third-order valence-electron chi connectivity index (χ3n) is 3.36. The van der Waals surface area contributed by atoms with Gasteiger partial charge in [0.15, 0.2) is 0 Å². The molecule has 5 heteroatoms. The fourth-order valence-corrected chi connectivity index (χ4v) is 3.13. The molecule has 2 rings (SSSR count). The second-order valence-corrected chi connectivity index (χ2v) is 5.97. The fourth-order valence-electron chi connectivity index (χ4n) is 2.27. The molecule has 0 aliphatic rings. The first kappa shape index (κ1) is 15.6. The second kappa shape index (κ2) is 6.35. The molecular weight excluding hydrogens is 294 g/mol. The van der Waals surface area contributed by atoms with E-state index in [1.807, 2.05) is 17.5 Å². The van der Waals surface area contributed by atoms with E-state index in [-0.39, 0.29) is 12.2 Å². The largest absolute Gasteiger partial charge is 0.465 e. The van der Waals surface area contributed by atoms with Crippen molar-refractivity contribution in [3.05, 3.63) is 57.8 Å². The van der Waals surface area contributed by atoms with Crippen molar-refractivity contribution in [1.29, 1.82) is 0 Å². The second-order valence-electron chi connectivity index (χ2n) is 4.93. The molecule has 1 atom stereocenters. The van der Waals surface area contributed by atoms with Crippen molar-refractivity contribution < 1.29 is 18.3 Å². The molecule has 21 heavy (non-hydrogen) atoms. The molecule has 0 saturated heterocycles. The lowest BCUT2D eigenvalue weighted by molar-refractivity contribution is -0.149. The van der Waals surface area contributed by atoms with Gasteiger partial charge in [-0.1, -0.05) is 12.1 Å². The quantitative estimate of drug-likeness (QED) is 0.778. The number of hydrogen-bond donors (Lipinski definition) is 0. The lowest BCUT2D eigenvalue weighted by Crippen LogP contribution is -2.37. The third-order valence-corrected chi connectivity index (χ3v) is 4.24. The van der Waals surface area contributed by atoms with E-state index < -0.39 is 23.0 Å². The smallest absolute Gasteiger partial charge is 0.316 e. The van der Waals surface area contributed by atoms with Gasteiger partial charge in [0.1, 0.15) is 11.6 Å². The SMILES string of the molecule is CCOC(=O)C(C)(Cc1cccs1)c1ccc(F)cc1F. The van der Waals surface area contributed by atoms with E-state index in [1.165, 1.54) is 17.4 Å². The van der Waals surface area contributed by atoms with Crippen LogP contribution in [-0.2, 0) is 21.4 Å². The van der Waals surface area contributed by atoms with Crippen LogP contribution in [0.1, 0.15) is 24.3 Å². The van der Waals surface area contributed by atoms with E-state index in [2.05, 4.69) is 0 Å². The lowest BCUT2D eigenvalue weighted by Gasteiger charge is -2.27. The predicted octanol–water partition coefficient (Wildman–Crippen LogP) is 4.09. The molecule has 1 heterocycles. The number of benzene rings is 1. The Kier molecular flexibility index (Phi) is 4.73. The summed E-state index contributed by atoms with van der Waals surface area (Å²) in [5.74, 6) is -1.91. The van der Waals surface area contributed by atoms with Crippen LogP contribution < -0.4 is 0 Å². The van der Waals surface area contributed by atoms with Crippen LogP contribution in [0.15, 0.2) is 35.7 Å². The number of halogens is 2. The van der Waals surface area contributed by atoms with Gasteiger partial charge in [0, 0.05) is 22.9 Å². The van der Waals surface area contributed by atoms with Crippen molar-refractivity contribution in [2.24, 2.45) is 0 Å². The van der Waals surface area contributed by atoms with Crippen LogP contribution >= 0.6 is 11.3 Å². The zero-order valence-corrected chi connectivity index (χ0v) is 12.7. The van der Waals surface area contributed by atoms with Gasteiger partial charge in [0.2, 0.25) is 0 Å². The number of ether oxygens (including phenoxy) is 1.